The van der Waals surface area contributed by atoms with Crippen molar-refractivity contribution in [2.24, 2.45) is 11.7 Å². The van der Waals surface area contributed by atoms with Gasteiger partial charge in [0, 0.05) is 19.0 Å². The number of para-hydroxylation sites is 1. The van der Waals surface area contributed by atoms with Gasteiger partial charge in [-0.25, -0.2) is 0 Å². The highest BCUT2D eigenvalue weighted by Crippen LogP contribution is 2.25. The van der Waals surface area contributed by atoms with Gasteiger partial charge in [0.2, 0.25) is 5.91 Å². The standard InChI is InChI=1S/C16H23ClN2O2/c1-2-14(18)16(20)19-9-5-6-12(10-19)11-21-15-8-4-3-7-13(15)17/h3-4,7-8,12,14H,2,5-6,9-11,18H2,1H3/t12-,14+/m1/s1. The Kier molecular flexibility index (Phi) is 5.88. The van der Waals surface area contributed by atoms with E-state index in [4.69, 9.17) is 22.1 Å². The maximum Gasteiger partial charge on any atom is 0.239 e. The molecule has 1 amide bonds. The molecule has 2 atom stereocenters. The number of benzene rings is 1. The monoisotopic (exact) mass is 310 g/mol. The molecule has 1 aromatic carbocycles. The minimum absolute atomic E-state index is 0.0555. The quantitative estimate of drug-likeness (QED) is 0.909. The lowest BCUT2D eigenvalue weighted by Gasteiger charge is -2.34. The Morgan fingerprint density at radius 1 is 1.52 bits per heavy atom. The third-order valence-corrected chi connectivity index (χ3v) is 4.21. The molecule has 1 aromatic rings. The second-order valence-corrected chi connectivity index (χ2v) is 5.96. The number of carbonyl (C=O) groups is 1. The number of amides is 1. The molecule has 0 aromatic heterocycles. The van der Waals surface area contributed by atoms with E-state index in [1.165, 1.54) is 0 Å². The van der Waals surface area contributed by atoms with Crippen LogP contribution in [-0.2, 0) is 4.79 Å². The van der Waals surface area contributed by atoms with Crippen molar-refractivity contribution in [1.29, 1.82) is 0 Å². The molecular weight excluding hydrogens is 288 g/mol. The van der Waals surface area contributed by atoms with Gasteiger partial charge in [0.1, 0.15) is 5.75 Å². The molecule has 4 nitrogen and oxygen atoms in total. The molecule has 0 bridgehead atoms. The number of hydrogen-bond acceptors (Lipinski definition) is 3. The second kappa shape index (κ2) is 7.66. The number of rotatable bonds is 5. The maximum atomic E-state index is 12.1. The summed E-state index contributed by atoms with van der Waals surface area (Å²) in [7, 11) is 0. The highest BCUT2D eigenvalue weighted by Gasteiger charge is 2.26. The molecule has 1 saturated heterocycles. The van der Waals surface area contributed by atoms with E-state index < -0.39 is 0 Å². The molecule has 0 spiro atoms. The van der Waals surface area contributed by atoms with E-state index >= 15 is 0 Å². The Balaban J connectivity index is 1.87. The summed E-state index contributed by atoms with van der Waals surface area (Å²) in [4.78, 5) is 14.0. The van der Waals surface area contributed by atoms with E-state index in [1.807, 2.05) is 36.1 Å². The topological polar surface area (TPSA) is 55.6 Å². The maximum absolute atomic E-state index is 12.1. The van der Waals surface area contributed by atoms with Gasteiger partial charge in [-0.3, -0.25) is 4.79 Å². The van der Waals surface area contributed by atoms with Gasteiger partial charge in [-0.1, -0.05) is 30.7 Å². The third-order valence-electron chi connectivity index (χ3n) is 3.90. The number of hydrogen-bond donors (Lipinski definition) is 1. The van der Waals surface area contributed by atoms with Crippen LogP contribution in [-0.4, -0.2) is 36.5 Å². The molecule has 2 N–H and O–H groups in total. The van der Waals surface area contributed by atoms with E-state index in [9.17, 15) is 4.79 Å². The van der Waals surface area contributed by atoms with Gasteiger partial charge in [0.15, 0.2) is 0 Å². The Bertz CT molecular complexity index is 481. The van der Waals surface area contributed by atoms with Crippen molar-refractivity contribution in [3.05, 3.63) is 29.3 Å². The van der Waals surface area contributed by atoms with Crippen molar-refractivity contribution < 1.29 is 9.53 Å². The fraction of sp³-hybridized carbons (Fsp3) is 0.562. The Labute approximate surface area is 131 Å². The summed E-state index contributed by atoms with van der Waals surface area (Å²) in [6.07, 6.45) is 2.74. The van der Waals surface area contributed by atoms with Crippen LogP contribution in [0.15, 0.2) is 24.3 Å². The number of ether oxygens (including phenoxy) is 1. The van der Waals surface area contributed by atoms with Crippen LogP contribution in [0.25, 0.3) is 0 Å². The van der Waals surface area contributed by atoms with Crippen LogP contribution in [0.5, 0.6) is 5.75 Å². The van der Waals surface area contributed by atoms with Crippen LogP contribution in [0.2, 0.25) is 5.02 Å². The summed E-state index contributed by atoms with van der Waals surface area (Å²) < 4.78 is 5.79. The summed E-state index contributed by atoms with van der Waals surface area (Å²) >= 11 is 6.08. The van der Waals surface area contributed by atoms with Crippen molar-refractivity contribution >= 4 is 17.5 Å². The Morgan fingerprint density at radius 3 is 3.00 bits per heavy atom. The first kappa shape index (κ1) is 16.1. The molecule has 0 radical (unpaired) electrons. The van der Waals surface area contributed by atoms with Gasteiger partial charge in [-0.15, -0.1) is 0 Å². The average Bonchev–Trinajstić information content (AvgIpc) is 2.53. The van der Waals surface area contributed by atoms with Gasteiger partial charge in [-0.2, -0.15) is 0 Å². The lowest BCUT2D eigenvalue weighted by molar-refractivity contribution is -0.134. The summed E-state index contributed by atoms with van der Waals surface area (Å²) in [5, 5.41) is 0.620. The number of piperidine rings is 1. The van der Waals surface area contributed by atoms with Crippen molar-refractivity contribution in [1.82, 2.24) is 4.90 Å². The predicted octanol–water partition coefficient (Wildman–Crippen LogP) is 2.69. The number of nitrogens with two attached hydrogens (primary N) is 1. The van der Waals surface area contributed by atoms with Crippen LogP contribution in [0.3, 0.4) is 0 Å². The van der Waals surface area contributed by atoms with E-state index in [0.717, 1.165) is 25.9 Å². The average molecular weight is 311 g/mol. The fourth-order valence-electron chi connectivity index (χ4n) is 2.58. The van der Waals surface area contributed by atoms with Crippen molar-refractivity contribution in [2.45, 2.75) is 32.2 Å². The first-order chi connectivity index (χ1) is 10.1. The summed E-state index contributed by atoms with van der Waals surface area (Å²) in [6.45, 7) is 4.03. The molecule has 1 aliphatic heterocycles. The van der Waals surface area contributed by atoms with E-state index in [0.29, 0.717) is 29.7 Å². The van der Waals surface area contributed by atoms with Crippen molar-refractivity contribution in [2.75, 3.05) is 19.7 Å². The highest BCUT2D eigenvalue weighted by molar-refractivity contribution is 6.32. The molecular formula is C16H23ClN2O2. The van der Waals surface area contributed by atoms with Crippen LogP contribution >= 0.6 is 11.6 Å². The SMILES string of the molecule is CC[C@H](N)C(=O)N1CCC[C@@H](COc2ccccc2Cl)C1. The van der Waals surface area contributed by atoms with Gasteiger partial charge in [-0.05, 0) is 31.4 Å². The van der Waals surface area contributed by atoms with E-state index in [1.54, 1.807) is 0 Å². The molecule has 1 heterocycles. The Hall–Kier alpha value is -1.26. The van der Waals surface area contributed by atoms with Crippen molar-refractivity contribution in [3.63, 3.8) is 0 Å². The van der Waals surface area contributed by atoms with E-state index in [-0.39, 0.29) is 11.9 Å². The van der Waals surface area contributed by atoms with Crippen LogP contribution in [0.4, 0.5) is 0 Å². The van der Waals surface area contributed by atoms with E-state index in [2.05, 4.69) is 0 Å². The molecule has 0 aliphatic carbocycles. The molecule has 21 heavy (non-hydrogen) atoms. The molecule has 1 aliphatic rings. The van der Waals surface area contributed by atoms with Gasteiger partial charge in [0.25, 0.3) is 0 Å². The van der Waals surface area contributed by atoms with Gasteiger partial charge < -0.3 is 15.4 Å². The molecule has 0 unspecified atom stereocenters. The van der Waals surface area contributed by atoms with Gasteiger partial charge in [0.05, 0.1) is 17.7 Å². The lowest BCUT2D eigenvalue weighted by Crippen LogP contribution is -2.48. The molecule has 5 heteroatoms. The zero-order valence-corrected chi connectivity index (χ0v) is 13.2. The van der Waals surface area contributed by atoms with Crippen LogP contribution in [0, 0.1) is 5.92 Å². The summed E-state index contributed by atoms with van der Waals surface area (Å²) in [5.74, 6) is 1.09. The number of halogens is 1. The van der Waals surface area contributed by atoms with Gasteiger partial charge >= 0.3 is 0 Å². The predicted molar refractivity (Wildman–Crippen MR) is 84.5 cm³/mol. The fourth-order valence-corrected chi connectivity index (χ4v) is 2.77. The molecule has 116 valence electrons. The largest absolute Gasteiger partial charge is 0.492 e. The Morgan fingerprint density at radius 2 is 2.29 bits per heavy atom. The normalized spacial score (nSPS) is 20.1. The summed E-state index contributed by atoms with van der Waals surface area (Å²) in [5.41, 5.74) is 5.84. The first-order valence-electron chi connectivity index (χ1n) is 7.53. The zero-order chi connectivity index (χ0) is 15.2. The first-order valence-corrected chi connectivity index (χ1v) is 7.91. The summed E-state index contributed by atoms with van der Waals surface area (Å²) in [6, 6.07) is 7.07. The zero-order valence-electron chi connectivity index (χ0n) is 12.4. The minimum atomic E-state index is -0.381. The smallest absolute Gasteiger partial charge is 0.239 e. The number of nitrogens with zero attached hydrogens (tertiary/aromatic N) is 1. The van der Waals surface area contributed by atoms with Crippen LogP contribution < -0.4 is 10.5 Å². The highest BCUT2D eigenvalue weighted by atomic mass is 35.5. The van der Waals surface area contributed by atoms with Crippen molar-refractivity contribution in [3.8, 4) is 5.75 Å². The lowest BCUT2D eigenvalue weighted by atomic mass is 9.98. The minimum Gasteiger partial charge on any atom is -0.492 e. The number of likely N-dealkylation sites (tertiary alicyclic amines) is 1. The molecule has 0 saturated carbocycles. The molecule has 1 fully saturated rings. The third kappa shape index (κ3) is 4.35. The molecule has 2 rings (SSSR count). The van der Waals surface area contributed by atoms with Crippen LogP contribution in [0.1, 0.15) is 26.2 Å². The number of carbonyl (C=O) groups excluding carboxylic acids is 1. The second-order valence-electron chi connectivity index (χ2n) is 5.55.